The molecule has 64 heavy (non-hydrogen) atoms. The van der Waals surface area contributed by atoms with Crippen LogP contribution in [-0.4, -0.2) is 0 Å². The van der Waals surface area contributed by atoms with Crippen LogP contribution >= 0.6 is 0 Å². The van der Waals surface area contributed by atoms with Crippen LogP contribution in [0, 0.1) is 0 Å². The Hall–Kier alpha value is -7.54. The zero-order valence-electron chi connectivity index (χ0n) is 36.6. The topological polar surface area (TPSA) is 0 Å². The summed E-state index contributed by atoms with van der Waals surface area (Å²) in [5, 5.41) is 10.2. The molecule has 0 amide bonds. The molecule has 0 spiro atoms. The van der Waals surface area contributed by atoms with Crippen LogP contribution in [0.1, 0.15) is 49.9 Å². The van der Waals surface area contributed by atoms with Gasteiger partial charge in [-0.3, -0.25) is 0 Å². The number of benzene rings is 11. The van der Waals surface area contributed by atoms with Gasteiger partial charge in [0.05, 0.1) is 0 Å². The number of hydrogen-bond donors (Lipinski definition) is 0. The first-order chi connectivity index (χ1) is 31.2. The van der Waals surface area contributed by atoms with E-state index in [2.05, 4.69) is 234 Å². The van der Waals surface area contributed by atoms with Gasteiger partial charge in [0, 0.05) is 10.8 Å². The van der Waals surface area contributed by atoms with E-state index in [0.717, 1.165) is 0 Å². The fourth-order valence-electron chi connectivity index (χ4n) is 11.4. The van der Waals surface area contributed by atoms with Gasteiger partial charge in [0.25, 0.3) is 0 Å². The SMILES string of the molecule is CC1(C)c2cc(-c3ccc4c(c3)C(C)(C)c3cc(-c5ccc6ccc(-c7cc8ccccc8c8ccccc78)cc6c5)ccc3-4)ccc2-c2ccc(-c3ccc4ccccc4c3)cc21. The van der Waals surface area contributed by atoms with E-state index in [1.165, 1.54) is 132 Å². The Morgan fingerprint density at radius 2 is 0.562 bits per heavy atom. The predicted molar refractivity (Wildman–Crippen MR) is 273 cm³/mol. The normalized spacial score (nSPS) is 14.2. The van der Waals surface area contributed by atoms with Gasteiger partial charge in [0.15, 0.2) is 0 Å². The quantitative estimate of drug-likeness (QED) is 0.155. The maximum atomic E-state index is 2.47. The molecule has 0 atom stereocenters. The van der Waals surface area contributed by atoms with Gasteiger partial charge in [-0.1, -0.05) is 185 Å². The third-order valence-electron chi connectivity index (χ3n) is 15.0. The number of hydrogen-bond acceptors (Lipinski definition) is 0. The van der Waals surface area contributed by atoms with Crippen LogP contribution in [0.3, 0.4) is 0 Å². The molecule has 0 aromatic heterocycles. The number of fused-ring (bicyclic) bond motifs is 11. The average Bonchev–Trinajstić information content (AvgIpc) is 3.71. The molecule has 13 rings (SSSR count). The molecule has 0 radical (unpaired) electrons. The Bertz CT molecular complexity index is 3780. The summed E-state index contributed by atoms with van der Waals surface area (Å²) in [4.78, 5) is 0. The molecule has 302 valence electrons. The molecule has 11 aromatic carbocycles. The summed E-state index contributed by atoms with van der Waals surface area (Å²) in [6.45, 7) is 9.60. The third-order valence-corrected chi connectivity index (χ3v) is 15.0. The van der Waals surface area contributed by atoms with E-state index in [1.807, 2.05) is 0 Å². The van der Waals surface area contributed by atoms with Gasteiger partial charge >= 0.3 is 0 Å². The van der Waals surface area contributed by atoms with Crippen LogP contribution in [0.25, 0.3) is 110 Å². The van der Waals surface area contributed by atoms with Gasteiger partial charge in [-0.05, 0) is 181 Å². The smallest absolute Gasteiger partial charge is 0.0159 e. The van der Waals surface area contributed by atoms with Gasteiger partial charge in [0.2, 0.25) is 0 Å². The second-order valence-electron chi connectivity index (χ2n) is 19.3. The first-order valence-electron chi connectivity index (χ1n) is 22.7. The zero-order chi connectivity index (χ0) is 42.9. The maximum Gasteiger partial charge on any atom is 0.0159 e. The summed E-state index contributed by atoms with van der Waals surface area (Å²) < 4.78 is 0. The lowest BCUT2D eigenvalue weighted by molar-refractivity contribution is 0.660. The molecule has 0 saturated carbocycles. The first kappa shape index (κ1) is 37.1. The monoisotopic (exact) mass is 814 g/mol. The van der Waals surface area contributed by atoms with Crippen molar-refractivity contribution in [2.75, 3.05) is 0 Å². The lowest BCUT2D eigenvalue weighted by Gasteiger charge is -2.24. The molecule has 0 heteroatoms. The molecule has 0 fully saturated rings. The Labute approximate surface area is 375 Å². The highest BCUT2D eigenvalue weighted by Gasteiger charge is 2.38. The molecular weight excluding hydrogens is 769 g/mol. The predicted octanol–water partition coefficient (Wildman–Crippen LogP) is 17.6. The van der Waals surface area contributed by atoms with Crippen molar-refractivity contribution in [1.29, 1.82) is 0 Å². The second kappa shape index (κ2) is 13.5. The summed E-state index contributed by atoms with van der Waals surface area (Å²) in [6.07, 6.45) is 0. The molecular formula is C64H46. The van der Waals surface area contributed by atoms with Gasteiger partial charge < -0.3 is 0 Å². The van der Waals surface area contributed by atoms with Crippen molar-refractivity contribution < 1.29 is 0 Å². The minimum atomic E-state index is -0.150. The molecule has 2 aliphatic rings. The minimum absolute atomic E-state index is 0.120. The van der Waals surface area contributed by atoms with E-state index < -0.39 is 0 Å². The van der Waals surface area contributed by atoms with Crippen molar-refractivity contribution in [2.24, 2.45) is 0 Å². The molecule has 0 saturated heterocycles. The Kier molecular flexibility index (Phi) is 7.80. The second-order valence-corrected chi connectivity index (χ2v) is 19.3. The van der Waals surface area contributed by atoms with Crippen molar-refractivity contribution in [3.05, 3.63) is 229 Å². The summed E-state index contributed by atoms with van der Waals surface area (Å²) in [6, 6.07) is 77.9. The fraction of sp³-hybridized carbons (Fsp3) is 0.0938. The van der Waals surface area contributed by atoms with E-state index in [9.17, 15) is 0 Å². The van der Waals surface area contributed by atoms with Crippen LogP contribution in [-0.2, 0) is 10.8 Å². The highest BCUT2D eigenvalue weighted by molar-refractivity contribution is 6.14. The van der Waals surface area contributed by atoms with Gasteiger partial charge in [-0.25, -0.2) is 0 Å². The van der Waals surface area contributed by atoms with E-state index in [4.69, 9.17) is 0 Å². The van der Waals surface area contributed by atoms with Crippen LogP contribution in [0.5, 0.6) is 0 Å². The van der Waals surface area contributed by atoms with Crippen molar-refractivity contribution in [3.63, 3.8) is 0 Å². The lowest BCUT2D eigenvalue weighted by atomic mass is 9.79. The largest absolute Gasteiger partial charge is 0.0616 e. The Balaban J connectivity index is 0.823. The Morgan fingerprint density at radius 3 is 1.08 bits per heavy atom. The third kappa shape index (κ3) is 5.48. The van der Waals surface area contributed by atoms with Crippen molar-refractivity contribution in [1.82, 2.24) is 0 Å². The molecule has 0 N–H and O–H groups in total. The highest BCUT2D eigenvalue weighted by atomic mass is 14.4. The van der Waals surface area contributed by atoms with Gasteiger partial charge in [0.1, 0.15) is 0 Å². The van der Waals surface area contributed by atoms with Crippen molar-refractivity contribution in [3.8, 4) is 66.8 Å². The minimum Gasteiger partial charge on any atom is -0.0616 e. The van der Waals surface area contributed by atoms with Crippen LogP contribution < -0.4 is 0 Å². The number of rotatable bonds is 4. The Morgan fingerprint density at radius 1 is 0.219 bits per heavy atom. The van der Waals surface area contributed by atoms with Crippen molar-refractivity contribution >= 4 is 43.1 Å². The van der Waals surface area contributed by atoms with Crippen LogP contribution in [0.15, 0.2) is 206 Å². The molecule has 0 aliphatic heterocycles. The molecule has 2 aliphatic carbocycles. The first-order valence-corrected chi connectivity index (χ1v) is 22.7. The van der Waals surface area contributed by atoms with E-state index in [-0.39, 0.29) is 10.8 Å². The van der Waals surface area contributed by atoms with Crippen LogP contribution in [0.4, 0.5) is 0 Å². The summed E-state index contributed by atoms with van der Waals surface area (Å²) >= 11 is 0. The average molecular weight is 815 g/mol. The summed E-state index contributed by atoms with van der Waals surface area (Å²) in [5.74, 6) is 0. The van der Waals surface area contributed by atoms with Gasteiger partial charge in [-0.15, -0.1) is 0 Å². The maximum absolute atomic E-state index is 2.47. The zero-order valence-corrected chi connectivity index (χ0v) is 36.6. The lowest BCUT2D eigenvalue weighted by Crippen LogP contribution is -2.15. The van der Waals surface area contributed by atoms with E-state index in [0.29, 0.717) is 0 Å². The van der Waals surface area contributed by atoms with E-state index >= 15 is 0 Å². The molecule has 0 nitrogen and oxygen atoms in total. The highest BCUT2D eigenvalue weighted by Crippen LogP contribution is 2.53. The molecule has 0 unspecified atom stereocenters. The van der Waals surface area contributed by atoms with Crippen molar-refractivity contribution in [2.45, 2.75) is 38.5 Å². The fourth-order valence-corrected chi connectivity index (χ4v) is 11.4. The van der Waals surface area contributed by atoms with E-state index in [1.54, 1.807) is 0 Å². The molecule has 0 bridgehead atoms. The standard InChI is InChI=1S/C64H46/c1-63(2)59-35-44(42-20-17-39-11-5-6-12-41(39)31-42)23-27-54(59)56-29-25-46(37-61(56)63)47-26-30-57-55-28-24-45(36-60(55)64(3,4)62(57)38-47)43-21-18-40-19-22-49(33-50(40)32-43)58-34-48-13-7-8-14-51(48)52-15-9-10-16-53(52)58/h5-38H,1-4H3. The summed E-state index contributed by atoms with van der Waals surface area (Å²) in [5.41, 5.74) is 20.8. The molecule has 0 heterocycles. The summed E-state index contributed by atoms with van der Waals surface area (Å²) in [7, 11) is 0. The van der Waals surface area contributed by atoms with Crippen LogP contribution in [0.2, 0.25) is 0 Å². The molecule has 11 aromatic rings. The van der Waals surface area contributed by atoms with Gasteiger partial charge in [-0.2, -0.15) is 0 Å².